The number of amides is 2. The van der Waals surface area contributed by atoms with Crippen LogP contribution in [-0.2, 0) is 11.0 Å². The van der Waals surface area contributed by atoms with Gasteiger partial charge in [0.15, 0.2) is 5.82 Å². The first kappa shape index (κ1) is 29.7. The Morgan fingerprint density at radius 3 is 2.36 bits per heavy atom. The highest BCUT2D eigenvalue weighted by Crippen LogP contribution is 2.37. The van der Waals surface area contributed by atoms with Crippen LogP contribution in [0.4, 0.5) is 23.8 Å². The monoisotopic (exact) mass is 586 g/mol. The molecular weight excluding hydrogens is 549 g/mol. The molecule has 2 aliphatic rings. The van der Waals surface area contributed by atoms with Gasteiger partial charge in [-0.2, -0.15) is 17.9 Å². The van der Waals surface area contributed by atoms with Crippen molar-refractivity contribution in [1.29, 1.82) is 0 Å². The number of likely N-dealkylation sites (tertiary alicyclic amines) is 1. The van der Waals surface area contributed by atoms with Crippen LogP contribution in [0, 0.1) is 0 Å². The van der Waals surface area contributed by atoms with Crippen LogP contribution in [0.2, 0.25) is 0 Å². The zero-order chi connectivity index (χ0) is 30.0. The third kappa shape index (κ3) is 6.64. The van der Waals surface area contributed by atoms with Gasteiger partial charge in [-0.1, -0.05) is 12.1 Å². The van der Waals surface area contributed by atoms with Gasteiger partial charge in [0.25, 0.3) is 0 Å². The Labute approximate surface area is 242 Å². The summed E-state index contributed by atoms with van der Waals surface area (Å²) in [5.74, 6) is 1.17. The maximum absolute atomic E-state index is 13.4. The lowest BCUT2D eigenvalue weighted by atomic mass is 9.80. The average molecular weight is 587 g/mol. The van der Waals surface area contributed by atoms with E-state index >= 15 is 0 Å². The molecule has 0 bridgehead atoms. The Balaban J connectivity index is 1.13. The SMILES string of the molecule is COc1ccc(C2CCC(N3CC(NC(=O)CNc4nn(C(=O)NC(C)C)c5ccc(C(F)(F)F)cc45)C3)CC2)cc1. The molecule has 9 nitrogen and oxygen atoms in total. The molecule has 1 aromatic heterocycles. The number of hydrogen-bond acceptors (Lipinski definition) is 6. The van der Waals surface area contributed by atoms with E-state index in [4.69, 9.17) is 4.74 Å². The van der Waals surface area contributed by atoms with E-state index in [0.717, 1.165) is 61.3 Å². The molecule has 0 spiro atoms. The van der Waals surface area contributed by atoms with Crippen LogP contribution in [-0.4, -0.2) is 71.5 Å². The number of nitrogens with zero attached hydrogens (tertiary/aromatic N) is 3. The molecule has 1 aliphatic carbocycles. The van der Waals surface area contributed by atoms with Gasteiger partial charge in [0, 0.05) is 30.6 Å². The lowest BCUT2D eigenvalue weighted by molar-refractivity contribution is -0.137. The molecule has 1 aliphatic heterocycles. The maximum Gasteiger partial charge on any atom is 0.416 e. The van der Waals surface area contributed by atoms with Crippen molar-refractivity contribution >= 4 is 28.7 Å². The lowest BCUT2D eigenvalue weighted by Crippen LogP contribution is -2.63. The fourth-order valence-electron chi connectivity index (χ4n) is 5.88. The minimum Gasteiger partial charge on any atom is -0.497 e. The molecule has 12 heteroatoms. The van der Waals surface area contributed by atoms with Gasteiger partial charge in [-0.25, -0.2) is 4.79 Å². The zero-order valence-corrected chi connectivity index (χ0v) is 24.0. The summed E-state index contributed by atoms with van der Waals surface area (Å²) in [6, 6.07) is 11.1. The number of aromatic nitrogens is 2. The molecule has 1 saturated heterocycles. The summed E-state index contributed by atoms with van der Waals surface area (Å²) in [5, 5.41) is 12.8. The highest BCUT2D eigenvalue weighted by atomic mass is 19.4. The zero-order valence-electron chi connectivity index (χ0n) is 24.0. The van der Waals surface area contributed by atoms with Crippen molar-refractivity contribution in [3.8, 4) is 5.75 Å². The molecule has 2 fully saturated rings. The maximum atomic E-state index is 13.4. The van der Waals surface area contributed by atoms with Gasteiger partial charge in [-0.05, 0) is 81.3 Å². The van der Waals surface area contributed by atoms with Crippen LogP contribution in [0.3, 0.4) is 0 Å². The quantitative estimate of drug-likeness (QED) is 0.345. The number of alkyl halides is 3. The van der Waals surface area contributed by atoms with Crippen LogP contribution in [0.1, 0.15) is 56.6 Å². The van der Waals surface area contributed by atoms with Gasteiger partial charge >= 0.3 is 12.2 Å². The first-order valence-corrected chi connectivity index (χ1v) is 14.3. The van der Waals surface area contributed by atoms with E-state index in [1.165, 1.54) is 11.6 Å². The van der Waals surface area contributed by atoms with Gasteiger partial charge in [0.2, 0.25) is 5.91 Å². The molecule has 2 heterocycles. The van der Waals surface area contributed by atoms with Crippen molar-refractivity contribution in [2.45, 2.75) is 69.8 Å². The highest BCUT2D eigenvalue weighted by molar-refractivity contribution is 5.98. The summed E-state index contributed by atoms with van der Waals surface area (Å²) in [6.07, 6.45) is -0.0887. The molecule has 5 rings (SSSR count). The number of carbonyl (C=O) groups excluding carboxylic acids is 2. The number of methoxy groups -OCH3 is 1. The van der Waals surface area contributed by atoms with E-state index in [1.807, 2.05) is 12.1 Å². The summed E-state index contributed by atoms with van der Waals surface area (Å²) < 4.78 is 46.4. The summed E-state index contributed by atoms with van der Waals surface area (Å²) in [7, 11) is 1.67. The summed E-state index contributed by atoms with van der Waals surface area (Å²) in [6.45, 7) is 4.89. The molecular formula is C30H37F3N6O3. The van der Waals surface area contributed by atoms with Crippen LogP contribution >= 0.6 is 0 Å². The van der Waals surface area contributed by atoms with E-state index in [9.17, 15) is 22.8 Å². The first-order chi connectivity index (χ1) is 20.0. The molecule has 0 atom stereocenters. The summed E-state index contributed by atoms with van der Waals surface area (Å²) in [4.78, 5) is 27.7. The fraction of sp³-hybridized carbons (Fsp3) is 0.500. The minimum atomic E-state index is -4.56. The Bertz CT molecular complexity index is 1410. The Hall–Kier alpha value is -3.80. The topological polar surface area (TPSA) is 101 Å². The second-order valence-corrected chi connectivity index (χ2v) is 11.4. The second kappa shape index (κ2) is 12.2. The van der Waals surface area contributed by atoms with E-state index < -0.39 is 17.8 Å². The van der Waals surface area contributed by atoms with E-state index in [1.54, 1.807) is 21.0 Å². The smallest absolute Gasteiger partial charge is 0.416 e. The van der Waals surface area contributed by atoms with Gasteiger partial charge in [0.1, 0.15) is 5.75 Å². The fourth-order valence-corrected chi connectivity index (χ4v) is 5.88. The van der Waals surface area contributed by atoms with Crippen LogP contribution in [0.25, 0.3) is 10.9 Å². The summed E-state index contributed by atoms with van der Waals surface area (Å²) >= 11 is 0. The van der Waals surface area contributed by atoms with Gasteiger partial charge in [0.05, 0.1) is 30.8 Å². The molecule has 3 N–H and O–H groups in total. The van der Waals surface area contributed by atoms with Crippen molar-refractivity contribution in [2.75, 3.05) is 32.1 Å². The Kier molecular flexibility index (Phi) is 8.63. The predicted molar refractivity (Wildman–Crippen MR) is 154 cm³/mol. The van der Waals surface area contributed by atoms with Gasteiger partial charge in [-0.3, -0.25) is 9.69 Å². The Morgan fingerprint density at radius 1 is 1.05 bits per heavy atom. The first-order valence-electron chi connectivity index (χ1n) is 14.3. The third-order valence-electron chi connectivity index (χ3n) is 8.10. The van der Waals surface area contributed by atoms with Gasteiger partial charge in [-0.15, -0.1) is 5.10 Å². The number of fused-ring (bicyclic) bond motifs is 1. The Morgan fingerprint density at radius 2 is 1.74 bits per heavy atom. The molecule has 2 amide bonds. The third-order valence-corrected chi connectivity index (χ3v) is 8.10. The molecule has 226 valence electrons. The van der Waals surface area contributed by atoms with Crippen LogP contribution < -0.4 is 20.7 Å². The van der Waals surface area contributed by atoms with E-state index in [2.05, 4.69) is 38.1 Å². The number of ether oxygens (including phenoxy) is 1. The number of rotatable bonds is 8. The van der Waals surface area contributed by atoms with Crippen molar-refractivity contribution in [3.05, 3.63) is 53.6 Å². The van der Waals surface area contributed by atoms with E-state index in [-0.39, 0.29) is 41.3 Å². The number of benzene rings is 2. The highest BCUT2D eigenvalue weighted by Gasteiger charge is 2.36. The molecule has 3 aromatic rings. The van der Waals surface area contributed by atoms with E-state index in [0.29, 0.717) is 12.0 Å². The number of anilines is 1. The largest absolute Gasteiger partial charge is 0.497 e. The van der Waals surface area contributed by atoms with Crippen molar-refractivity contribution < 1.29 is 27.5 Å². The van der Waals surface area contributed by atoms with Crippen LogP contribution in [0.15, 0.2) is 42.5 Å². The summed E-state index contributed by atoms with van der Waals surface area (Å²) in [5.41, 5.74) is 0.697. The van der Waals surface area contributed by atoms with Gasteiger partial charge < -0.3 is 20.7 Å². The molecule has 0 radical (unpaired) electrons. The van der Waals surface area contributed by atoms with Crippen molar-refractivity contribution in [3.63, 3.8) is 0 Å². The molecule has 0 unspecified atom stereocenters. The second-order valence-electron chi connectivity index (χ2n) is 11.4. The lowest BCUT2D eigenvalue weighted by Gasteiger charge is -2.46. The number of halogens is 3. The van der Waals surface area contributed by atoms with Crippen molar-refractivity contribution in [1.82, 2.24) is 25.3 Å². The normalized spacial score (nSPS) is 19.9. The number of nitrogens with one attached hydrogen (secondary N) is 3. The van der Waals surface area contributed by atoms with Crippen LogP contribution in [0.5, 0.6) is 5.75 Å². The number of hydrogen-bond donors (Lipinski definition) is 3. The predicted octanol–water partition coefficient (Wildman–Crippen LogP) is 4.97. The molecule has 42 heavy (non-hydrogen) atoms. The van der Waals surface area contributed by atoms with Crippen molar-refractivity contribution in [2.24, 2.45) is 0 Å². The molecule has 1 saturated carbocycles. The average Bonchev–Trinajstić information content (AvgIpc) is 3.31. The minimum absolute atomic E-state index is 0.0153. The number of carbonyl (C=O) groups is 2. The molecule has 2 aromatic carbocycles. The standard InChI is InChI=1S/C30H37F3N6O3/c1-18(2)35-29(41)39-26-13-8-21(30(31,32)33)14-25(26)28(37-39)34-15-27(40)36-22-16-38(17-22)23-9-4-19(5-10-23)20-6-11-24(42-3)12-7-20/h6-8,11-14,18-19,22-23H,4-5,9-10,15-17H2,1-3H3,(H,34,37)(H,35,41)(H,36,40).